The molecule has 21 heavy (non-hydrogen) atoms. The highest BCUT2D eigenvalue weighted by Gasteiger charge is 2.51. The van der Waals surface area contributed by atoms with Gasteiger partial charge in [-0.25, -0.2) is 0 Å². The molecule has 5 heteroatoms. The molecule has 0 spiro atoms. The number of carboxylic acid groups (broad SMARTS) is 1. The summed E-state index contributed by atoms with van der Waals surface area (Å²) in [6.07, 6.45) is 6.69. The van der Waals surface area contributed by atoms with Crippen LogP contribution in [0.2, 0.25) is 0 Å². The van der Waals surface area contributed by atoms with Crippen LogP contribution in [0.5, 0.6) is 0 Å². The predicted molar refractivity (Wildman–Crippen MR) is 82.2 cm³/mol. The number of allylic oxidation sites excluding steroid dienone is 2. The summed E-state index contributed by atoms with van der Waals surface area (Å²) in [5.41, 5.74) is 0.725. The molecule has 0 heterocycles. The quantitative estimate of drug-likeness (QED) is 0.663. The molecule has 1 amide bonds. The first-order valence-electron chi connectivity index (χ1n) is 6.96. The first-order valence-corrected chi connectivity index (χ1v) is 8.18. The molecular formula is C16H17NO3S. The number of thioether (sulfide) groups is 1. The van der Waals surface area contributed by atoms with Crippen LogP contribution in [0.1, 0.15) is 6.42 Å². The molecule has 2 aliphatic rings. The number of hydrogen-bond acceptors (Lipinski definition) is 3. The summed E-state index contributed by atoms with van der Waals surface area (Å²) >= 11 is 1.60. The zero-order valence-electron chi connectivity index (χ0n) is 11.7. The van der Waals surface area contributed by atoms with Crippen molar-refractivity contribution in [1.29, 1.82) is 0 Å². The van der Waals surface area contributed by atoms with E-state index in [1.54, 1.807) is 11.8 Å². The van der Waals surface area contributed by atoms with Crippen LogP contribution in [0.4, 0.5) is 5.69 Å². The van der Waals surface area contributed by atoms with E-state index in [4.69, 9.17) is 0 Å². The number of fused-ring (bicyclic) bond motifs is 2. The van der Waals surface area contributed by atoms with Gasteiger partial charge in [0.1, 0.15) is 0 Å². The fourth-order valence-corrected chi connectivity index (χ4v) is 3.90. The van der Waals surface area contributed by atoms with Crippen LogP contribution in [0.25, 0.3) is 0 Å². The average molecular weight is 303 g/mol. The van der Waals surface area contributed by atoms with Gasteiger partial charge in [0.05, 0.1) is 11.8 Å². The second-order valence-electron chi connectivity index (χ2n) is 5.56. The molecule has 0 saturated heterocycles. The van der Waals surface area contributed by atoms with Gasteiger partial charge >= 0.3 is 5.97 Å². The smallest absolute Gasteiger partial charge is 0.307 e. The number of aliphatic carboxylic acids is 1. The molecule has 2 aliphatic carbocycles. The van der Waals surface area contributed by atoms with E-state index in [0.29, 0.717) is 0 Å². The lowest BCUT2D eigenvalue weighted by Gasteiger charge is -2.23. The molecule has 0 radical (unpaired) electrons. The molecule has 2 bridgehead atoms. The first kappa shape index (κ1) is 14.2. The number of hydrogen-bond donors (Lipinski definition) is 2. The van der Waals surface area contributed by atoms with Crippen molar-refractivity contribution in [3.63, 3.8) is 0 Å². The number of nitrogens with one attached hydrogen (secondary N) is 1. The van der Waals surface area contributed by atoms with Gasteiger partial charge in [-0.05, 0) is 42.7 Å². The molecule has 0 aromatic heterocycles. The highest BCUT2D eigenvalue weighted by molar-refractivity contribution is 7.98. The minimum atomic E-state index is -0.870. The van der Waals surface area contributed by atoms with Gasteiger partial charge in [0, 0.05) is 10.6 Å². The van der Waals surface area contributed by atoms with Crippen molar-refractivity contribution >= 4 is 29.3 Å². The summed E-state index contributed by atoms with van der Waals surface area (Å²) in [6, 6.07) is 7.59. The fraction of sp³-hybridized carbons (Fsp3) is 0.375. The summed E-state index contributed by atoms with van der Waals surface area (Å²) < 4.78 is 0. The minimum absolute atomic E-state index is 0.000724. The summed E-state index contributed by atoms with van der Waals surface area (Å²) in [7, 11) is 0. The maximum absolute atomic E-state index is 12.5. The summed E-state index contributed by atoms with van der Waals surface area (Å²) in [6.45, 7) is 0. The number of carboxylic acids is 1. The van der Waals surface area contributed by atoms with Crippen LogP contribution in [0.15, 0.2) is 41.3 Å². The minimum Gasteiger partial charge on any atom is -0.481 e. The predicted octanol–water partition coefficient (Wildman–Crippen LogP) is 2.87. The van der Waals surface area contributed by atoms with Gasteiger partial charge in [0.15, 0.2) is 0 Å². The second kappa shape index (κ2) is 5.56. The Hall–Kier alpha value is -1.75. The molecule has 110 valence electrons. The molecular weight excluding hydrogens is 286 g/mol. The van der Waals surface area contributed by atoms with Crippen molar-refractivity contribution in [1.82, 2.24) is 0 Å². The van der Waals surface area contributed by atoms with Gasteiger partial charge in [0.2, 0.25) is 5.91 Å². The first-order chi connectivity index (χ1) is 10.1. The Morgan fingerprint density at radius 2 is 1.95 bits per heavy atom. The molecule has 1 fully saturated rings. The van der Waals surface area contributed by atoms with Crippen molar-refractivity contribution in [3.8, 4) is 0 Å². The third kappa shape index (κ3) is 2.58. The fourth-order valence-electron chi connectivity index (χ4n) is 3.44. The lowest BCUT2D eigenvalue weighted by molar-refractivity contribution is -0.146. The van der Waals surface area contributed by atoms with Crippen molar-refractivity contribution in [3.05, 3.63) is 36.4 Å². The Bertz CT molecular complexity index is 613. The van der Waals surface area contributed by atoms with Crippen LogP contribution in [-0.4, -0.2) is 23.2 Å². The van der Waals surface area contributed by atoms with E-state index in [1.807, 2.05) is 42.7 Å². The maximum Gasteiger partial charge on any atom is 0.307 e. The summed E-state index contributed by atoms with van der Waals surface area (Å²) in [5.74, 6) is -2.05. The molecule has 2 N–H and O–H groups in total. The zero-order chi connectivity index (χ0) is 15.0. The standard InChI is InChI=1S/C16H17NO3S/c1-21-12-4-2-3-11(8-12)17-15(18)13-9-5-6-10(7-9)14(13)16(19)20/h2-6,8-10,13-14H,7H2,1H3,(H,17,18)(H,19,20)/t9-,10-,13+,14-/m0/s1. The second-order valence-corrected chi connectivity index (χ2v) is 6.44. The van der Waals surface area contributed by atoms with E-state index in [0.717, 1.165) is 17.0 Å². The van der Waals surface area contributed by atoms with E-state index in [1.165, 1.54) is 0 Å². The lowest BCUT2D eigenvalue weighted by atomic mass is 9.82. The molecule has 4 nitrogen and oxygen atoms in total. The number of amides is 1. The Labute approximate surface area is 127 Å². The van der Waals surface area contributed by atoms with E-state index < -0.39 is 17.8 Å². The third-order valence-electron chi connectivity index (χ3n) is 4.38. The van der Waals surface area contributed by atoms with Gasteiger partial charge in [0.25, 0.3) is 0 Å². The molecule has 1 saturated carbocycles. The lowest BCUT2D eigenvalue weighted by Crippen LogP contribution is -2.36. The van der Waals surface area contributed by atoms with Crippen LogP contribution in [-0.2, 0) is 9.59 Å². The topological polar surface area (TPSA) is 66.4 Å². The van der Waals surface area contributed by atoms with Crippen molar-refractivity contribution in [2.45, 2.75) is 11.3 Å². The molecule has 1 aromatic rings. The number of rotatable bonds is 4. The monoisotopic (exact) mass is 303 g/mol. The Morgan fingerprint density at radius 3 is 2.62 bits per heavy atom. The van der Waals surface area contributed by atoms with E-state index in [-0.39, 0.29) is 17.7 Å². The normalized spacial score (nSPS) is 29.6. The van der Waals surface area contributed by atoms with Crippen molar-refractivity contribution in [2.24, 2.45) is 23.7 Å². The molecule has 3 rings (SSSR count). The largest absolute Gasteiger partial charge is 0.481 e. The summed E-state index contributed by atoms with van der Waals surface area (Å²) in [5, 5.41) is 12.3. The van der Waals surface area contributed by atoms with Crippen LogP contribution in [0, 0.1) is 23.7 Å². The highest BCUT2D eigenvalue weighted by Crippen LogP contribution is 2.48. The Balaban J connectivity index is 1.78. The summed E-state index contributed by atoms with van der Waals surface area (Å²) in [4.78, 5) is 25.0. The van der Waals surface area contributed by atoms with Gasteiger partial charge in [-0.2, -0.15) is 0 Å². The van der Waals surface area contributed by atoms with E-state index >= 15 is 0 Å². The zero-order valence-corrected chi connectivity index (χ0v) is 12.5. The van der Waals surface area contributed by atoms with E-state index in [9.17, 15) is 14.7 Å². The third-order valence-corrected chi connectivity index (χ3v) is 5.11. The van der Waals surface area contributed by atoms with Gasteiger partial charge < -0.3 is 10.4 Å². The number of anilines is 1. The average Bonchev–Trinajstić information content (AvgIpc) is 3.07. The molecule has 0 unspecified atom stereocenters. The van der Waals surface area contributed by atoms with Crippen LogP contribution >= 0.6 is 11.8 Å². The SMILES string of the molecule is CSc1cccc(NC(=O)[C@H]2[C@@H](C(=O)O)[C@H]3C=C[C@H]2C3)c1. The number of carbonyl (C=O) groups is 2. The number of benzene rings is 1. The van der Waals surface area contributed by atoms with Crippen molar-refractivity contribution in [2.75, 3.05) is 11.6 Å². The Morgan fingerprint density at radius 1 is 1.24 bits per heavy atom. The molecule has 4 atom stereocenters. The number of carbonyl (C=O) groups excluding carboxylic acids is 1. The highest BCUT2D eigenvalue weighted by atomic mass is 32.2. The van der Waals surface area contributed by atoms with Gasteiger partial charge in [-0.1, -0.05) is 18.2 Å². The van der Waals surface area contributed by atoms with E-state index in [2.05, 4.69) is 5.32 Å². The Kier molecular flexibility index (Phi) is 3.76. The molecule has 0 aliphatic heterocycles. The van der Waals surface area contributed by atoms with Gasteiger partial charge in [-0.15, -0.1) is 11.8 Å². The van der Waals surface area contributed by atoms with Gasteiger partial charge in [-0.3, -0.25) is 9.59 Å². The van der Waals surface area contributed by atoms with Crippen molar-refractivity contribution < 1.29 is 14.7 Å². The van der Waals surface area contributed by atoms with Crippen LogP contribution < -0.4 is 5.32 Å². The van der Waals surface area contributed by atoms with Crippen LogP contribution in [0.3, 0.4) is 0 Å². The molecule has 1 aromatic carbocycles. The maximum atomic E-state index is 12.5.